The fraction of sp³-hybridized carbons (Fsp3) is 0.320. The molecule has 0 radical (unpaired) electrons. The van der Waals surface area contributed by atoms with E-state index in [1.165, 1.54) is 0 Å². The Hall–Kier alpha value is -2.72. The van der Waals surface area contributed by atoms with Crippen LogP contribution in [0.5, 0.6) is 11.5 Å². The number of ether oxygens (including phenoxy) is 3. The van der Waals surface area contributed by atoms with Crippen LogP contribution in [0.15, 0.2) is 41.3 Å². The largest absolute Gasteiger partial charge is 0.490 e. The topological polar surface area (TPSA) is 85.4 Å². The Labute approximate surface area is 223 Å². The molecule has 8 nitrogen and oxygen atoms in total. The Kier molecular flexibility index (Phi) is 8.79. The molecule has 0 N–H and O–H groups in total. The number of carbonyl (C=O) groups is 3. The van der Waals surface area contributed by atoms with Gasteiger partial charge in [0.1, 0.15) is 13.2 Å². The summed E-state index contributed by atoms with van der Waals surface area (Å²) in [5.74, 6) is -0.0313. The molecule has 0 bridgehead atoms. The summed E-state index contributed by atoms with van der Waals surface area (Å²) in [5.41, 5.74) is 1.47. The predicted molar refractivity (Wildman–Crippen MR) is 138 cm³/mol. The first kappa shape index (κ1) is 26.3. The first-order valence-electron chi connectivity index (χ1n) is 11.3. The van der Waals surface area contributed by atoms with Gasteiger partial charge in [0.05, 0.1) is 29.7 Å². The zero-order valence-corrected chi connectivity index (χ0v) is 21.8. The maximum Gasteiger partial charge on any atom is 0.294 e. The van der Waals surface area contributed by atoms with Crippen molar-refractivity contribution in [2.24, 2.45) is 0 Å². The van der Waals surface area contributed by atoms with Crippen molar-refractivity contribution in [1.82, 2.24) is 9.80 Å². The number of thioether (sulfide) groups is 1. The van der Waals surface area contributed by atoms with Crippen LogP contribution in [0.25, 0.3) is 6.08 Å². The Morgan fingerprint density at radius 3 is 2.53 bits per heavy atom. The van der Waals surface area contributed by atoms with Crippen LogP contribution in [0.1, 0.15) is 18.1 Å². The van der Waals surface area contributed by atoms with Crippen molar-refractivity contribution in [2.75, 3.05) is 39.5 Å². The van der Waals surface area contributed by atoms with Gasteiger partial charge in [-0.2, -0.15) is 0 Å². The molecule has 0 unspecified atom stereocenters. The summed E-state index contributed by atoms with van der Waals surface area (Å²) >= 11 is 13.2. The molecule has 36 heavy (non-hydrogen) atoms. The Morgan fingerprint density at radius 1 is 1.11 bits per heavy atom. The summed E-state index contributed by atoms with van der Waals surface area (Å²) in [5, 5.41) is 0.431. The van der Waals surface area contributed by atoms with E-state index in [1.54, 1.807) is 35.2 Å². The van der Waals surface area contributed by atoms with Crippen molar-refractivity contribution in [3.63, 3.8) is 0 Å². The highest BCUT2D eigenvalue weighted by Gasteiger charge is 2.37. The first-order chi connectivity index (χ1) is 17.4. The zero-order valence-electron chi connectivity index (χ0n) is 19.5. The van der Waals surface area contributed by atoms with E-state index in [4.69, 9.17) is 37.4 Å². The molecule has 2 aromatic rings. The van der Waals surface area contributed by atoms with Gasteiger partial charge in [0.25, 0.3) is 11.1 Å². The molecule has 2 aliphatic heterocycles. The first-order valence-corrected chi connectivity index (χ1v) is 12.9. The molecule has 2 fully saturated rings. The Balaban J connectivity index is 1.50. The van der Waals surface area contributed by atoms with Gasteiger partial charge in [-0.1, -0.05) is 35.3 Å². The molecule has 2 aromatic carbocycles. The monoisotopic (exact) mass is 550 g/mol. The zero-order chi connectivity index (χ0) is 25.7. The quantitative estimate of drug-likeness (QED) is 0.433. The lowest BCUT2D eigenvalue weighted by Crippen LogP contribution is -2.46. The number of rotatable bonds is 8. The lowest BCUT2D eigenvalue weighted by atomic mass is 10.1. The molecule has 0 saturated carbocycles. The molecule has 3 amide bonds. The lowest BCUT2D eigenvalue weighted by Gasteiger charge is -2.28. The maximum absolute atomic E-state index is 12.9. The van der Waals surface area contributed by atoms with Crippen molar-refractivity contribution in [3.05, 3.63) is 62.5 Å². The average Bonchev–Trinajstić information content (AvgIpc) is 3.12. The van der Waals surface area contributed by atoms with Crippen LogP contribution in [-0.4, -0.2) is 66.3 Å². The summed E-state index contributed by atoms with van der Waals surface area (Å²) in [7, 11) is 0. The fourth-order valence-electron chi connectivity index (χ4n) is 3.65. The molecule has 4 rings (SSSR count). The summed E-state index contributed by atoms with van der Waals surface area (Å²) in [6.07, 6.45) is 1.56. The SMILES string of the molecule is CCOc1cc(/C=C2/SC(=O)N(CC(=O)N3CCOCC3)C2=O)cc(Cl)c1OCc1ccc(Cl)cc1. The van der Waals surface area contributed by atoms with E-state index in [-0.39, 0.29) is 24.0 Å². The van der Waals surface area contributed by atoms with Crippen molar-refractivity contribution in [3.8, 4) is 11.5 Å². The molecule has 0 atom stereocenters. The molecular weight excluding hydrogens is 527 g/mol. The van der Waals surface area contributed by atoms with E-state index in [1.807, 2.05) is 19.1 Å². The van der Waals surface area contributed by atoms with Gasteiger partial charge in [-0.25, -0.2) is 0 Å². The summed E-state index contributed by atoms with van der Waals surface area (Å²) < 4.78 is 16.9. The fourth-order valence-corrected chi connectivity index (χ4v) is 4.88. The third-order valence-electron chi connectivity index (χ3n) is 5.46. The lowest BCUT2D eigenvalue weighted by molar-refractivity contribution is -0.139. The van der Waals surface area contributed by atoms with Crippen LogP contribution in [-0.2, 0) is 20.9 Å². The number of imide groups is 1. The van der Waals surface area contributed by atoms with Crippen molar-refractivity contribution >= 4 is 58.1 Å². The minimum atomic E-state index is -0.524. The number of nitrogens with zero attached hydrogens (tertiary/aromatic N) is 2. The van der Waals surface area contributed by atoms with Gasteiger partial charge in [-0.15, -0.1) is 0 Å². The number of halogens is 2. The second kappa shape index (κ2) is 12.0. The number of amides is 3. The van der Waals surface area contributed by atoms with Crippen LogP contribution in [0.2, 0.25) is 10.0 Å². The van der Waals surface area contributed by atoms with Crippen LogP contribution >= 0.6 is 35.0 Å². The second-order valence-corrected chi connectivity index (χ2v) is 9.78. The molecule has 0 aliphatic carbocycles. The summed E-state index contributed by atoms with van der Waals surface area (Å²) in [4.78, 5) is 40.7. The summed E-state index contributed by atoms with van der Waals surface area (Å²) in [6.45, 7) is 3.92. The van der Waals surface area contributed by atoms with E-state index in [0.717, 1.165) is 22.2 Å². The van der Waals surface area contributed by atoms with Crippen molar-refractivity contribution < 1.29 is 28.6 Å². The molecule has 2 heterocycles. The van der Waals surface area contributed by atoms with Gasteiger partial charge < -0.3 is 19.1 Å². The van der Waals surface area contributed by atoms with Gasteiger partial charge in [0, 0.05) is 18.1 Å². The van der Waals surface area contributed by atoms with Gasteiger partial charge in [-0.05, 0) is 60.2 Å². The van der Waals surface area contributed by atoms with Crippen LogP contribution < -0.4 is 9.47 Å². The number of carbonyl (C=O) groups excluding carboxylic acids is 3. The van der Waals surface area contributed by atoms with Crippen molar-refractivity contribution in [1.29, 1.82) is 0 Å². The highest BCUT2D eigenvalue weighted by molar-refractivity contribution is 8.18. The molecule has 11 heteroatoms. The minimum Gasteiger partial charge on any atom is -0.490 e. The van der Waals surface area contributed by atoms with Gasteiger partial charge >= 0.3 is 0 Å². The molecule has 0 aromatic heterocycles. The van der Waals surface area contributed by atoms with E-state index in [9.17, 15) is 14.4 Å². The smallest absolute Gasteiger partial charge is 0.294 e. The van der Waals surface area contributed by atoms with E-state index in [0.29, 0.717) is 60.0 Å². The molecular formula is C25H24Cl2N2O6S. The standard InChI is InChI=1S/C25H24Cl2N2O6S/c1-2-34-20-12-17(11-19(27)23(20)35-15-16-3-5-18(26)6-4-16)13-21-24(31)29(25(32)36-21)14-22(30)28-7-9-33-10-8-28/h3-6,11-13H,2,7-10,14-15H2,1H3/b21-13+. The predicted octanol–water partition coefficient (Wildman–Crippen LogP) is 4.87. The Morgan fingerprint density at radius 2 is 1.83 bits per heavy atom. The van der Waals surface area contributed by atoms with E-state index < -0.39 is 11.1 Å². The number of benzene rings is 2. The van der Waals surface area contributed by atoms with Gasteiger partial charge in [0.15, 0.2) is 11.5 Å². The minimum absolute atomic E-state index is 0.197. The summed E-state index contributed by atoms with van der Waals surface area (Å²) in [6, 6.07) is 10.6. The number of morpholine rings is 1. The van der Waals surface area contributed by atoms with Crippen LogP contribution in [0.3, 0.4) is 0 Å². The highest BCUT2D eigenvalue weighted by Crippen LogP contribution is 2.39. The van der Waals surface area contributed by atoms with E-state index >= 15 is 0 Å². The molecule has 190 valence electrons. The van der Waals surface area contributed by atoms with Crippen LogP contribution in [0, 0.1) is 0 Å². The van der Waals surface area contributed by atoms with Gasteiger partial charge in [-0.3, -0.25) is 19.3 Å². The number of hydrogen-bond acceptors (Lipinski definition) is 7. The maximum atomic E-state index is 12.9. The Bertz CT molecular complexity index is 1180. The third-order valence-corrected chi connectivity index (χ3v) is 6.90. The highest BCUT2D eigenvalue weighted by atomic mass is 35.5. The van der Waals surface area contributed by atoms with E-state index in [2.05, 4.69) is 0 Å². The third kappa shape index (κ3) is 6.34. The average molecular weight is 551 g/mol. The van der Waals surface area contributed by atoms with Crippen molar-refractivity contribution in [2.45, 2.75) is 13.5 Å². The van der Waals surface area contributed by atoms with Crippen LogP contribution in [0.4, 0.5) is 4.79 Å². The van der Waals surface area contributed by atoms with Gasteiger partial charge in [0.2, 0.25) is 5.91 Å². The number of hydrogen-bond donors (Lipinski definition) is 0. The molecule has 0 spiro atoms. The normalized spacial score (nSPS) is 17.1. The molecule has 2 saturated heterocycles. The second-order valence-electron chi connectivity index (χ2n) is 7.94. The molecule has 2 aliphatic rings.